The minimum Gasteiger partial charge on any atom is -0.497 e. The Kier molecular flexibility index (Phi) is 9.70. The zero-order chi connectivity index (χ0) is 30.4. The third-order valence-electron chi connectivity index (χ3n) is 6.77. The number of methoxy groups -OCH3 is 2. The highest BCUT2D eigenvalue weighted by Crippen LogP contribution is 2.27. The van der Waals surface area contributed by atoms with Crippen molar-refractivity contribution >= 4 is 21.9 Å². The number of ether oxygens (including phenoxy) is 2. The van der Waals surface area contributed by atoms with Crippen LogP contribution in [0.2, 0.25) is 0 Å². The van der Waals surface area contributed by atoms with E-state index in [-0.39, 0.29) is 29.9 Å². The van der Waals surface area contributed by atoms with Gasteiger partial charge in [-0.15, -0.1) is 0 Å². The summed E-state index contributed by atoms with van der Waals surface area (Å²) in [6, 6.07) is 21.7. The van der Waals surface area contributed by atoms with Gasteiger partial charge in [0.25, 0.3) is 0 Å². The molecule has 0 aliphatic heterocycles. The van der Waals surface area contributed by atoms with Crippen molar-refractivity contribution < 1.29 is 22.7 Å². The van der Waals surface area contributed by atoms with Crippen molar-refractivity contribution in [2.45, 2.75) is 38.5 Å². The highest BCUT2D eigenvalue weighted by Gasteiger charge is 2.28. The number of benzene rings is 3. The molecular weight excluding hydrogens is 552 g/mol. The van der Waals surface area contributed by atoms with E-state index in [1.807, 2.05) is 68.6 Å². The molecule has 0 bridgehead atoms. The molecule has 0 saturated heterocycles. The van der Waals surface area contributed by atoms with Crippen molar-refractivity contribution in [3.8, 4) is 28.4 Å². The number of amides is 1. The molecule has 3 aromatic carbocycles. The highest BCUT2D eigenvalue weighted by atomic mass is 32.2. The predicted octanol–water partition coefficient (Wildman–Crippen LogP) is 5.97. The zero-order valence-electron chi connectivity index (χ0n) is 24.9. The largest absolute Gasteiger partial charge is 0.497 e. The van der Waals surface area contributed by atoms with Crippen LogP contribution < -0.4 is 14.8 Å². The number of imidazole rings is 1. The number of sulfonamides is 1. The van der Waals surface area contributed by atoms with Gasteiger partial charge in [0.2, 0.25) is 21.9 Å². The van der Waals surface area contributed by atoms with E-state index in [4.69, 9.17) is 14.5 Å². The maximum absolute atomic E-state index is 13.5. The number of hydrogen-bond acceptors (Lipinski definition) is 6. The first-order valence-electron chi connectivity index (χ1n) is 13.8. The minimum atomic E-state index is -3.95. The molecule has 0 atom stereocenters. The molecule has 1 amide bonds. The van der Waals surface area contributed by atoms with Crippen molar-refractivity contribution in [1.29, 1.82) is 0 Å². The molecule has 1 aromatic heterocycles. The van der Waals surface area contributed by atoms with Gasteiger partial charge in [-0.1, -0.05) is 39.8 Å². The topological polar surface area (TPSA) is 103 Å². The molecule has 0 saturated carbocycles. The molecule has 42 heavy (non-hydrogen) atoms. The van der Waals surface area contributed by atoms with Crippen LogP contribution in [0.1, 0.15) is 39.2 Å². The first kappa shape index (κ1) is 30.8. The summed E-state index contributed by atoms with van der Waals surface area (Å²) in [6.07, 6.45) is 1.85. The molecule has 0 unspecified atom stereocenters. The lowest BCUT2D eigenvalue weighted by molar-refractivity contribution is -0.116. The third kappa shape index (κ3) is 7.18. The van der Waals surface area contributed by atoms with Crippen LogP contribution in [-0.2, 0) is 14.8 Å². The maximum atomic E-state index is 13.5. The average Bonchev–Trinajstić information content (AvgIpc) is 3.40. The number of rotatable bonds is 12. The quantitative estimate of drug-likeness (QED) is 0.218. The van der Waals surface area contributed by atoms with Gasteiger partial charge < -0.3 is 9.47 Å². The Bertz CT molecular complexity index is 1590. The molecule has 0 radical (unpaired) electrons. The van der Waals surface area contributed by atoms with Crippen molar-refractivity contribution in [2.24, 2.45) is 5.92 Å². The van der Waals surface area contributed by atoms with Gasteiger partial charge in [0.05, 0.1) is 31.4 Å². The van der Waals surface area contributed by atoms with Crippen molar-refractivity contribution in [3.63, 3.8) is 0 Å². The number of carbonyl (C=O) groups excluding carboxylic acids is 1. The van der Waals surface area contributed by atoms with Gasteiger partial charge in [0.1, 0.15) is 11.5 Å². The molecule has 0 aliphatic carbocycles. The fourth-order valence-corrected chi connectivity index (χ4v) is 6.02. The standard InChI is InChI=1S/C32H38N4O5S/c1-22(2)19-35(42(38,39)29-17-15-28(41-6)16-18-29)21-31(37)34-32-33-30(25-9-13-27(40-5)14-10-25)20-36(32)26-11-7-24(8-12-26)23(3)4/h7-18,20,22-23H,19,21H2,1-6H3,(H,33,34,37). The lowest BCUT2D eigenvalue weighted by Gasteiger charge is -2.23. The first-order valence-corrected chi connectivity index (χ1v) is 15.2. The van der Waals surface area contributed by atoms with Crippen LogP contribution in [0.15, 0.2) is 83.9 Å². The number of nitrogens with one attached hydrogen (secondary N) is 1. The number of aromatic nitrogens is 2. The van der Waals surface area contributed by atoms with E-state index >= 15 is 0 Å². The first-order chi connectivity index (χ1) is 20.0. The second-order valence-electron chi connectivity index (χ2n) is 10.7. The smallest absolute Gasteiger partial charge is 0.243 e. The Morgan fingerprint density at radius 2 is 1.45 bits per heavy atom. The van der Waals surface area contributed by atoms with E-state index in [0.29, 0.717) is 17.4 Å². The number of nitrogens with zero attached hydrogens (tertiary/aromatic N) is 3. The summed E-state index contributed by atoms with van der Waals surface area (Å²) in [7, 11) is -0.828. The van der Waals surface area contributed by atoms with Crippen LogP contribution in [0.3, 0.4) is 0 Å². The van der Waals surface area contributed by atoms with Gasteiger partial charge in [-0.3, -0.25) is 14.7 Å². The van der Waals surface area contributed by atoms with Gasteiger partial charge >= 0.3 is 0 Å². The molecule has 9 nitrogen and oxygen atoms in total. The summed E-state index contributed by atoms with van der Waals surface area (Å²) in [4.78, 5) is 18.2. The lowest BCUT2D eigenvalue weighted by atomic mass is 10.0. The van der Waals surface area contributed by atoms with Gasteiger partial charge in [0.15, 0.2) is 0 Å². The Balaban J connectivity index is 1.66. The van der Waals surface area contributed by atoms with Gasteiger partial charge in [-0.2, -0.15) is 4.31 Å². The monoisotopic (exact) mass is 590 g/mol. The summed E-state index contributed by atoms with van der Waals surface area (Å²) < 4.78 is 40.5. The Morgan fingerprint density at radius 1 is 0.881 bits per heavy atom. The van der Waals surface area contributed by atoms with Crippen LogP contribution in [-0.4, -0.2) is 55.5 Å². The number of anilines is 1. The highest BCUT2D eigenvalue weighted by molar-refractivity contribution is 7.89. The second kappa shape index (κ2) is 13.2. The van der Waals surface area contributed by atoms with Crippen molar-refractivity contribution in [3.05, 3.63) is 84.6 Å². The minimum absolute atomic E-state index is 0.00560. The van der Waals surface area contributed by atoms with E-state index in [2.05, 4.69) is 19.2 Å². The Hall–Kier alpha value is -4.15. The van der Waals surface area contributed by atoms with Crippen LogP contribution in [0, 0.1) is 5.92 Å². The van der Waals surface area contributed by atoms with Crippen molar-refractivity contribution in [1.82, 2.24) is 13.9 Å². The summed E-state index contributed by atoms with van der Waals surface area (Å²) in [5.41, 5.74) is 3.48. The van der Waals surface area contributed by atoms with E-state index in [9.17, 15) is 13.2 Å². The molecule has 1 heterocycles. The fraction of sp³-hybridized carbons (Fsp3) is 0.312. The summed E-state index contributed by atoms with van der Waals surface area (Å²) in [5, 5.41) is 2.87. The molecule has 0 aliphatic rings. The molecule has 4 aromatic rings. The third-order valence-corrected chi connectivity index (χ3v) is 8.59. The van der Waals surface area contributed by atoms with E-state index < -0.39 is 15.9 Å². The van der Waals surface area contributed by atoms with Crippen LogP contribution in [0.25, 0.3) is 16.9 Å². The molecule has 222 valence electrons. The molecule has 0 fully saturated rings. The van der Waals surface area contributed by atoms with Crippen LogP contribution in [0.4, 0.5) is 5.95 Å². The summed E-state index contributed by atoms with van der Waals surface area (Å²) >= 11 is 0. The van der Waals surface area contributed by atoms with Gasteiger partial charge in [0, 0.05) is 24.0 Å². The number of carbonyl (C=O) groups is 1. The van der Waals surface area contributed by atoms with E-state index in [0.717, 1.165) is 17.0 Å². The zero-order valence-corrected chi connectivity index (χ0v) is 25.7. The SMILES string of the molecule is COc1ccc(-c2cn(-c3ccc(C(C)C)cc3)c(NC(=O)CN(CC(C)C)S(=O)(=O)c3ccc(OC)cc3)n2)cc1. The molecule has 10 heteroatoms. The maximum Gasteiger partial charge on any atom is 0.243 e. The van der Waals surface area contributed by atoms with Gasteiger partial charge in [-0.05, 0) is 78.1 Å². The molecular formula is C32H38N4O5S. The van der Waals surface area contributed by atoms with E-state index in [1.54, 1.807) is 23.8 Å². The summed E-state index contributed by atoms with van der Waals surface area (Å²) in [6.45, 7) is 7.87. The summed E-state index contributed by atoms with van der Waals surface area (Å²) in [5.74, 6) is 1.42. The predicted molar refractivity (Wildman–Crippen MR) is 165 cm³/mol. The Morgan fingerprint density at radius 3 is 1.98 bits per heavy atom. The second-order valence-corrected chi connectivity index (χ2v) is 12.6. The van der Waals surface area contributed by atoms with Crippen LogP contribution in [0.5, 0.6) is 11.5 Å². The average molecular weight is 591 g/mol. The fourth-order valence-electron chi connectivity index (χ4n) is 4.46. The van der Waals surface area contributed by atoms with Crippen LogP contribution >= 0.6 is 0 Å². The lowest BCUT2D eigenvalue weighted by Crippen LogP contribution is -2.40. The van der Waals surface area contributed by atoms with Gasteiger partial charge in [-0.25, -0.2) is 13.4 Å². The van der Waals surface area contributed by atoms with Crippen molar-refractivity contribution in [2.75, 3.05) is 32.6 Å². The Labute approximate surface area is 248 Å². The molecule has 1 N–H and O–H groups in total. The molecule has 4 rings (SSSR count). The van der Waals surface area contributed by atoms with E-state index in [1.165, 1.54) is 29.1 Å². The number of hydrogen-bond donors (Lipinski definition) is 1. The normalized spacial score (nSPS) is 11.7. The molecule has 0 spiro atoms.